The normalized spacial score (nSPS) is 12.2. The number of amides is 1. The number of nitrogens with one attached hydrogen (secondary N) is 1. The van der Waals surface area contributed by atoms with E-state index in [1.165, 1.54) is 4.31 Å². The number of rotatable bonds is 11. The standard InChI is InChI=1S/C23H33N3O4S/c1-6-22(26(31(5,28)29)20-13-15-21(30-4)16-14-20)23(27)24-17-18-9-11-19(12-10-18)25(7-2)8-3/h9-16,22H,6-8,17H2,1-5H3,(H,24,27)/t22-/m0/s1. The summed E-state index contributed by atoms with van der Waals surface area (Å²) in [7, 11) is -2.13. The third-order valence-electron chi connectivity index (χ3n) is 5.19. The fourth-order valence-electron chi connectivity index (χ4n) is 3.51. The van der Waals surface area contributed by atoms with Crippen LogP contribution in [0.5, 0.6) is 5.75 Å². The Balaban J connectivity index is 2.16. The molecule has 0 unspecified atom stereocenters. The van der Waals surface area contributed by atoms with Crippen LogP contribution in [0.4, 0.5) is 11.4 Å². The van der Waals surface area contributed by atoms with Crippen LogP contribution in [0.1, 0.15) is 32.8 Å². The first-order chi connectivity index (χ1) is 14.7. The Morgan fingerprint density at radius 1 is 0.968 bits per heavy atom. The molecule has 0 aliphatic rings. The van der Waals surface area contributed by atoms with E-state index in [0.29, 0.717) is 24.4 Å². The van der Waals surface area contributed by atoms with Crippen molar-refractivity contribution in [1.82, 2.24) is 5.32 Å². The number of carbonyl (C=O) groups excluding carboxylic acids is 1. The van der Waals surface area contributed by atoms with Gasteiger partial charge in [0, 0.05) is 25.3 Å². The zero-order valence-electron chi connectivity index (χ0n) is 19.0. The van der Waals surface area contributed by atoms with E-state index in [1.807, 2.05) is 24.3 Å². The van der Waals surface area contributed by atoms with E-state index in [1.54, 1.807) is 38.3 Å². The van der Waals surface area contributed by atoms with Crippen LogP contribution in [-0.2, 0) is 21.4 Å². The minimum atomic E-state index is -3.67. The van der Waals surface area contributed by atoms with Gasteiger partial charge in [-0.05, 0) is 62.2 Å². The van der Waals surface area contributed by atoms with Crippen molar-refractivity contribution in [2.45, 2.75) is 39.8 Å². The van der Waals surface area contributed by atoms with E-state index in [0.717, 1.165) is 30.6 Å². The maximum Gasteiger partial charge on any atom is 0.244 e. The summed E-state index contributed by atoms with van der Waals surface area (Å²) < 4.78 is 31.4. The molecule has 0 bridgehead atoms. The fraction of sp³-hybridized carbons (Fsp3) is 0.435. The van der Waals surface area contributed by atoms with Crippen molar-refractivity contribution < 1.29 is 17.9 Å². The number of hydrogen-bond acceptors (Lipinski definition) is 5. The quantitative estimate of drug-likeness (QED) is 0.571. The smallest absolute Gasteiger partial charge is 0.244 e. The van der Waals surface area contributed by atoms with E-state index < -0.39 is 16.1 Å². The number of carbonyl (C=O) groups is 1. The molecule has 0 spiro atoms. The maximum atomic E-state index is 12.9. The largest absolute Gasteiger partial charge is 0.497 e. The Bertz CT molecular complexity index is 940. The van der Waals surface area contributed by atoms with Gasteiger partial charge in [-0.2, -0.15) is 0 Å². The van der Waals surface area contributed by atoms with Gasteiger partial charge in [-0.15, -0.1) is 0 Å². The zero-order valence-corrected chi connectivity index (χ0v) is 19.8. The Hall–Kier alpha value is -2.74. The number of nitrogens with zero attached hydrogens (tertiary/aromatic N) is 2. The number of benzene rings is 2. The van der Waals surface area contributed by atoms with E-state index >= 15 is 0 Å². The summed E-state index contributed by atoms with van der Waals surface area (Å²) >= 11 is 0. The molecule has 1 atom stereocenters. The monoisotopic (exact) mass is 447 g/mol. The summed E-state index contributed by atoms with van der Waals surface area (Å²) in [5.74, 6) is 0.277. The van der Waals surface area contributed by atoms with Crippen molar-refractivity contribution in [3.8, 4) is 5.75 Å². The highest BCUT2D eigenvalue weighted by atomic mass is 32.2. The van der Waals surface area contributed by atoms with Crippen LogP contribution in [0.25, 0.3) is 0 Å². The number of anilines is 2. The Morgan fingerprint density at radius 3 is 1.97 bits per heavy atom. The zero-order chi connectivity index (χ0) is 23.0. The fourth-order valence-corrected chi connectivity index (χ4v) is 4.72. The van der Waals surface area contributed by atoms with E-state index in [9.17, 15) is 13.2 Å². The van der Waals surface area contributed by atoms with Gasteiger partial charge < -0.3 is 15.0 Å². The first-order valence-corrected chi connectivity index (χ1v) is 12.3. The predicted molar refractivity (Wildman–Crippen MR) is 126 cm³/mol. The highest BCUT2D eigenvalue weighted by molar-refractivity contribution is 7.92. The lowest BCUT2D eigenvalue weighted by Gasteiger charge is -2.30. The molecule has 2 rings (SSSR count). The van der Waals surface area contributed by atoms with E-state index in [4.69, 9.17) is 4.74 Å². The highest BCUT2D eigenvalue weighted by Gasteiger charge is 2.31. The number of ether oxygens (including phenoxy) is 1. The van der Waals surface area contributed by atoms with Gasteiger partial charge in [-0.25, -0.2) is 8.42 Å². The molecule has 0 aliphatic heterocycles. The molecule has 0 radical (unpaired) electrons. The second-order valence-corrected chi connectivity index (χ2v) is 9.10. The van der Waals surface area contributed by atoms with Gasteiger partial charge in [0.2, 0.25) is 15.9 Å². The molecule has 0 saturated heterocycles. The molecule has 2 aromatic rings. The molecule has 0 saturated carbocycles. The summed E-state index contributed by atoms with van der Waals surface area (Å²) in [6.07, 6.45) is 1.45. The average Bonchev–Trinajstić information content (AvgIpc) is 2.76. The van der Waals surface area contributed by atoms with Crippen LogP contribution in [0.2, 0.25) is 0 Å². The lowest BCUT2D eigenvalue weighted by molar-refractivity contribution is -0.122. The first kappa shape index (κ1) is 24.5. The van der Waals surface area contributed by atoms with Crippen LogP contribution in [0, 0.1) is 0 Å². The van der Waals surface area contributed by atoms with Gasteiger partial charge in [-0.3, -0.25) is 9.10 Å². The van der Waals surface area contributed by atoms with Crippen LogP contribution in [0.3, 0.4) is 0 Å². The molecule has 170 valence electrons. The molecule has 0 fully saturated rings. The van der Waals surface area contributed by atoms with Crippen LogP contribution in [-0.4, -0.2) is 46.8 Å². The highest BCUT2D eigenvalue weighted by Crippen LogP contribution is 2.25. The third-order valence-corrected chi connectivity index (χ3v) is 6.37. The SMILES string of the molecule is CC[C@@H](C(=O)NCc1ccc(N(CC)CC)cc1)N(c1ccc(OC)cc1)S(C)(=O)=O. The number of methoxy groups -OCH3 is 1. The van der Waals surface area contributed by atoms with Gasteiger partial charge in [0.05, 0.1) is 19.1 Å². The second-order valence-electron chi connectivity index (χ2n) is 7.24. The summed E-state index contributed by atoms with van der Waals surface area (Å²) in [5, 5.41) is 2.89. The number of hydrogen-bond donors (Lipinski definition) is 1. The van der Waals surface area contributed by atoms with Crippen molar-refractivity contribution in [3.63, 3.8) is 0 Å². The van der Waals surface area contributed by atoms with E-state index in [2.05, 4.69) is 24.1 Å². The Labute approximate surface area is 186 Å². The van der Waals surface area contributed by atoms with E-state index in [-0.39, 0.29) is 5.91 Å². The second kappa shape index (κ2) is 11.0. The molecule has 0 aliphatic carbocycles. The molecule has 0 aromatic heterocycles. The summed E-state index contributed by atoms with van der Waals surface area (Å²) in [5.41, 5.74) is 2.51. The molecular weight excluding hydrogens is 414 g/mol. The van der Waals surface area contributed by atoms with Crippen molar-refractivity contribution in [1.29, 1.82) is 0 Å². The van der Waals surface area contributed by atoms with Crippen LogP contribution >= 0.6 is 0 Å². The van der Waals surface area contributed by atoms with Crippen molar-refractivity contribution in [3.05, 3.63) is 54.1 Å². The maximum absolute atomic E-state index is 12.9. The van der Waals surface area contributed by atoms with Crippen LogP contribution in [0.15, 0.2) is 48.5 Å². The van der Waals surface area contributed by atoms with Gasteiger partial charge in [0.1, 0.15) is 11.8 Å². The molecule has 31 heavy (non-hydrogen) atoms. The van der Waals surface area contributed by atoms with Gasteiger partial charge in [0.15, 0.2) is 0 Å². The molecule has 8 heteroatoms. The predicted octanol–water partition coefficient (Wildman–Crippen LogP) is 3.40. The molecular formula is C23H33N3O4S. The Kier molecular flexibility index (Phi) is 8.74. The molecule has 0 heterocycles. The molecule has 1 N–H and O–H groups in total. The average molecular weight is 448 g/mol. The Morgan fingerprint density at radius 2 is 1.52 bits per heavy atom. The first-order valence-electron chi connectivity index (χ1n) is 10.5. The van der Waals surface area contributed by atoms with Crippen molar-refractivity contribution >= 4 is 27.3 Å². The third kappa shape index (κ3) is 6.37. The molecule has 1 amide bonds. The molecule has 2 aromatic carbocycles. The summed E-state index contributed by atoms with van der Waals surface area (Å²) in [4.78, 5) is 15.2. The van der Waals surface area contributed by atoms with Gasteiger partial charge >= 0.3 is 0 Å². The van der Waals surface area contributed by atoms with Gasteiger partial charge in [0.25, 0.3) is 0 Å². The minimum absolute atomic E-state index is 0.327. The topological polar surface area (TPSA) is 79.0 Å². The van der Waals surface area contributed by atoms with Crippen molar-refractivity contribution in [2.75, 3.05) is 35.7 Å². The summed E-state index contributed by atoms with van der Waals surface area (Å²) in [6.45, 7) is 8.20. The minimum Gasteiger partial charge on any atom is -0.497 e. The lowest BCUT2D eigenvalue weighted by Crippen LogP contribution is -2.49. The van der Waals surface area contributed by atoms with Gasteiger partial charge in [-0.1, -0.05) is 19.1 Å². The molecule has 7 nitrogen and oxygen atoms in total. The summed E-state index contributed by atoms with van der Waals surface area (Å²) in [6, 6.07) is 13.8. The van der Waals surface area contributed by atoms with Crippen molar-refractivity contribution in [2.24, 2.45) is 0 Å². The number of sulfonamides is 1. The lowest BCUT2D eigenvalue weighted by atomic mass is 10.1. The van der Waals surface area contributed by atoms with Crippen LogP contribution < -0.4 is 19.3 Å².